The van der Waals surface area contributed by atoms with E-state index < -0.39 is 0 Å². The van der Waals surface area contributed by atoms with Crippen LogP contribution in [0.1, 0.15) is 15.2 Å². The Labute approximate surface area is 136 Å². The van der Waals surface area contributed by atoms with Gasteiger partial charge < -0.3 is 0 Å². The number of benzene rings is 1. The molecule has 0 aliphatic carbocycles. The number of thiazole rings is 1. The Morgan fingerprint density at radius 2 is 2.00 bits per heavy atom. The maximum absolute atomic E-state index is 12.1. The Morgan fingerprint density at radius 3 is 2.68 bits per heavy atom. The number of halogens is 1. The second-order valence-electron chi connectivity index (χ2n) is 4.63. The van der Waals surface area contributed by atoms with E-state index in [-0.39, 0.29) is 5.91 Å². The first-order valence-electron chi connectivity index (χ1n) is 6.58. The predicted octanol–water partition coefficient (Wildman–Crippen LogP) is 4.42. The van der Waals surface area contributed by atoms with Crippen LogP contribution in [0, 0.1) is 6.92 Å². The van der Waals surface area contributed by atoms with Gasteiger partial charge in [-0.05, 0) is 31.2 Å². The Bertz CT molecular complexity index is 800. The van der Waals surface area contributed by atoms with Crippen molar-refractivity contribution in [1.29, 1.82) is 0 Å². The number of hydrogen-bond acceptors (Lipinski definition) is 4. The summed E-state index contributed by atoms with van der Waals surface area (Å²) in [6, 6.07) is 10.9. The van der Waals surface area contributed by atoms with Gasteiger partial charge in [0, 0.05) is 27.9 Å². The minimum absolute atomic E-state index is 0.218. The summed E-state index contributed by atoms with van der Waals surface area (Å²) in [4.78, 5) is 21.6. The summed E-state index contributed by atoms with van der Waals surface area (Å²) in [5, 5.41) is 4.05. The van der Waals surface area contributed by atoms with Crippen LogP contribution in [-0.4, -0.2) is 15.9 Å². The largest absolute Gasteiger partial charge is 0.298 e. The first-order valence-corrected chi connectivity index (χ1v) is 7.77. The average molecular weight is 330 g/mol. The number of carbonyl (C=O) groups excluding carboxylic acids is 1. The van der Waals surface area contributed by atoms with E-state index in [9.17, 15) is 4.79 Å². The van der Waals surface area contributed by atoms with Crippen molar-refractivity contribution in [2.45, 2.75) is 6.92 Å². The Kier molecular flexibility index (Phi) is 4.18. The van der Waals surface area contributed by atoms with E-state index in [1.54, 1.807) is 18.3 Å². The molecule has 0 radical (unpaired) electrons. The summed E-state index contributed by atoms with van der Waals surface area (Å²) in [6.07, 6.45) is 3.15. The molecule has 3 aromatic rings. The van der Waals surface area contributed by atoms with Crippen LogP contribution in [0.25, 0.3) is 11.3 Å². The maximum atomic E-state index is 12.1. The molecule has 0 bridgehead atoms. The number of aromatic nitrogens is 2. The number of rotatable bonds is 3. The third-order valence-corrected chi connectivity index (χ3v) is 4.20. The van der Waals surface area contributed by atoms with Gasteiger partial charge in [0.2, 0.25) is 0 Å². The molecule has 1 N–H and O–H groups in total. The fourth-order valence-corrected chi connectivity index (χ4v) is 2.95. The number of carbonyl (C=O) groups is 1. The van der Waals surface area contributed by atoms with Crippen molar-refractivity contribution in [2.75, 3.05) is 5.32 Å². The second-order valence-corrected chi connectivity index (χ2v) is 6.27. The number of anilines is 1. The third-order valence-electron chi connectivity index (χ3n) is 3.06. The SMILES string of the molecule is Cc1sc(NC(=O)c2cccnc2)nc1-c1ccc(Cl)cc1. The summed E-state index contributed by atoms with van der Waals surface area (Å²) in [5.74, 6) is -0.218. The van der Waals surface area contributed by atoms with Gasteiger partial charge in [-0.25, -0.2) is 4.98 Å². The minimum atomic E-state index is -0.218. The Morgan fingerprint density at radius 1 is 1.23 bits per heavy atom. The number of aryl methyl sites for hydroxylation is 1. The summed E-state index contributed by atoms with van der Waals surface area (Å²) in [7, 11) is 0. The van der Waals surface area contributed by atoms with Crippen LogP contribution in [0.2, 0.25) is 5.02 Å². The zero-order chi connectivity index (χ0) is 15.5. The van der Waals surface area contributed by atoms with E-state index in [0.29, 0.717) is 15.7 Å². The van der Waals surface area contributed by atoms with Crippen molar-refractivity contribution in [3.63, 3.8) is 0 Å². The van der Waals surface area contributed by atoms with Crippen molar-refractivity contribution >= 4 is 34.0 Å². The molecule has 1 amide bonds. The quantitative estimate of drug-likeness (QED) is 0.774. The van der Waals surface area contributed by atoms with Crippen LogP contribution in [0.4, 0.5) is 5.13 Å². The molecule has 0 aliphatic rings. The normalized spacial score (nSPS) is 10.5. The van der Waals surface area contributed by atoms with Crippen LogP contribution >= 0.6 is 22.9 Å². The summed E-state index contributed by atoms with van der Waals surface area (Å²) < 4.78 is 0. The molecule has 22 heavy (non-hydrogen) atoms. The highest BCUT2D eigenvalue weighted by molar-refractivity contribution is 7.16. The Balaban J connectivity index is 1.83. The summed E-state index contributed by atoms with van der Waals surface area (Å²) in [6.45, 7) is 1.97. The lowest BCUT2D eigenvalue weighted by Gasteiger charge is -2.00. The highest BCUT2D eigenvalue weighted by atomic mass is 35.5. The van der Waals surface area contributed by atoms with Crippen molar-refractivity contribution < 1.29 is 4.79 Å². The highest BCUT2D eigenvalue weighted by Gasteiger charge is 2.13. The molecular weight excluding hydrogens is 318 g/mol. The van der Waals surface area contributed by atoms with Gasteiger partial charge in [0.25, 0.3) is 5.91 Å². The van der Waals surface area contributed by atoms with Crippen molar-refractivity contribution in [2.24, 2.45) is 0 Å². The van der Waals surface area contributed by atoms with Crippen molar-refractivity contribution in [3.05, 3.63) is 64.3 Å². The maximum Gasteiger partial charge on any atom is 0.259 e. The fraction of sp³-hybridized carbons (Fsp3) is 0.0625. The number of amides is 1. The van der Waals surface area contributed by atoms with Gasteiger partial charge in [0.05, 0.1) is 11.3 Å². The topological polar surface area (TPSA) is 54.9 Å². The van der Waals surface area contributed by atoms with Gasteiger partial charge in [-0.15, -0.1) is 11.3 Å². The molecule has 0 aliphatic heterocycles. The van der Waals surface area contributed by atoms with Crippen LogP contribution in [0.3, 0.4) is 0 Å². The molecule has 110 valence electrons. The van der Waals surface area contributed by atoms with Gasteiger partial charge in [-0.2, -0.15) is 0 Å². The molecule has 6 heteroatoms. The van der Waals surface area contributed by atoms with E-state index in [1.807, 2.05) is 31.2 Å². The van der Waals surface area contributed by atoms with Crippen LogP contribution in [0.15, 0.2) is 48.8 Å². The van der Waals surface area contributed by atoms with Crippen molar-refractivity contribution in [3.8, 4) is 11.3 Å². The van der Waals surface area contributed by atoms with Crippen LogP contribution in [-0.2, 0) is 0 Å². The highest BCUT2D eigenvalue weighted by Crippen LogP contribution is 2.31. The fourth-order valence-electron chi connectivity index (χ4n) is 1.99. The lowest BCUT2D eigenvalue weighted by molar-refractivity contribution is 0.102. The summed E-state index contributed by atoms with van der Waals surface area (Å²) in [5.41, 5.74) is 2.33. The smallest absolute Gasteiger partial charge is 0.259 e. The molecular formula is C16H12ClN3OS. The molecule has 4 nitrogen and oxygen atoms in total. The molecule has 2 heterocycles. The van der Waals surface area contributed by atoms with Gasteiger partial charge in [-0.1, -0.05) is 23.7 Å². The molecule has 0 saturated carbocycles. The minimum Gasteiger partial charge on any atom is -0.298 e. The van der Waals surface area contributed by atoms with E-state index in [2.05, 4.69) is 15.3 Å². The van der Waals surface area contributed by atoms with E-state index >= 15 is 0 Å². The standard InChI is InChI=1S/C16H12ClN3OS/c1-10-14(11-4-6-13(17)7-5-11)19-16(22-10)20-15(21)12-3-2-8-18-9-12/h2-9H,1H3,(H,19,20,21). The van der Waals surface area contributed by atoms with Gasteiger partial charge in [0.1, 0.15) is 0 Å². The third kappa shape index (κ3) is 3.16. The monoisotopic (exact) mass is 329 g/mol. The summed E-state index contributed by atoms with van der Waals surface area (Å²) >= 11 is 7.34. The van der Waals surface area contributed by atoms with Gasteiger partial charge >= 0.3 is 0 Å². The molecule has 0 spiro atoms. The number of nitrogens with one attached hydrogen (secondary N) is 1. The number of hydrogen-bond donors (Lipinski definition) is 1. The zero-order valence-electron chi connectivity index (χ0n) is 11.7. The van der Waals surface area contributed by atoms with Gasteiger partial charge in [-0.3, -0.25) is 15.1 Å². The van der Waals surface area contributed by atoms with E-state index in [0.717, 1.165) is 16.1 Å². The molecule has 1 aromatic carbocycles. The molecule has 0 saturated heterocycles. The first-order chi connectivity index (χ1) is 10.6. The second kappa shape index (κ2) is 6.25. The first kappa shape index (κ1) is 14.7. The molecule has 0 unspecified atom stereocenters. The van der Waals surface area contributed by atoms with E-state index in [4.69, 9.17) is 11.6 Å². The van der Waals surface area contributed by atoms with Crippen molar-refractivity contribution in [1.82, 2.24) is 9.97 Å². The molecule has 0 fully saturated rings. The number of pyridine rings is 1. The number of nitrogens with zero attached hydrogens (tertiary/aromatic N) is 2. The predicted molar refractivity (Wildman–Crippen MR) is 89.5 cm³/mol. The molecule has 0 atom stereocenters. The zero-order valence-corrected chi connectivity index (χ0v) is 13.3. The van der Waals surface area contributed by atoms with Gasteiger partial charge in [0.15, 0.2) is 5.13 Å². The average Bonchev–Trinajstić information content (AvgIpc) is 2.89. The molecule has 2 aromatic heterocycles. The molecule has 3 rings (SSSR count). The van der Waals surface area contributed by atoms with Crippen LogP contribution in [0.5, 0.6) is 0 Å². The lowest BCUT2D eigenvalue weighted by Crippen LogP contribution is -2.11. The van der Waals surface area contributed by atoms with Crippen LogP contribution < -0.4 is 5.32 Å². The van der Waals surface area contributed by atoms with E-state index in [1.165, 1.54) is 17.5 Å². The lowest BCUT2D eigenvalue weighted by atomic mass is 10.1. The Hall–Kier alpha value is -2.24.